The van der Waals surface area contributed by atoms with Gasteiger partial charge in [0.1, 0.15) is 5.41 Å². The van der Waals surface area contributed by atoms with Crippen molar-refractivity contribution in [2.45, 2.75) is 40.2 Å². The minimum Gasteiger partial charge on any atom is -0.351 e. The largest absolute Gasteiger partial charge is 0.351 e. The maximum atomic E-state index is 12.9. The van der Waals surface area contributed by atoms with E-state index < -0.39 is 5.41 Å². The lowest BCUT2D eigenvalue weighted by Crippen LogP contribution is -2.57. The summed E-state index contributed by atoms with van der Waals surface area (Å²) < 4.78 is 0. The molecule has 0 aliphatic carbocycles. The molecule has 1 saturated heterocycles. The summed E-state index contributed by atoms with van der Waals surface area (Å²) in [6, 6.07) is 10.2. The van der Waals surface area contributed by atoms with Gasteiger partial charge >= 0.3 is 0 Å². The standard InChI is InChI=1S/C22H33N3O2/c1-21(2,3)23-19(26)22(4,5)20(27)25-16-14-24(15-17-25)13-9-12-18-10-7-6-8-11-18/h6-12H,13-17H2,1-5H3,(H,23,26)/b12-9+. The molecular formula is C22H33N3O2. The fourth-order valence-corrected chi connectivity index (χ4v) is 3.02. The Morgan fingerprint density at radius 1 is 1.00 bits per heavy atom. The number of rotatable bonds is 5. The molecule has 0 aromatic heterocycles. The Hall–Kier alpha value is -2.14. The first-order chi connectivity index (χ1) is 12.6. The Kier molecular flexibility index (Phi) is 6.82. The number of amides is 2. The molecule has 1 aromatic rings. The van der Waals surface area contributed by atoms with Crippen LogP contribution in [0.4, 0.5) is 0 Å². The van der Waals surface area contributed by atoms with Gasteiger partial charge in [-0.15, -0.1) is 0 Å². The lowest BCUT2D eigenvalue weighted by Gasteiger charge is -2.38. The summed E-state index contributed by atoms with van der Waals surface area (Å²) in [5, 5.41) is 2.93. The topological polar surface area (TPSA) is 52.7 Å². The molecule has 0 atom stereocenters. The Morgan fingerprint density at radius 2 is 1.59 bits per heavy atom. The number of piperazine rings is 1. The van der Waals surface area contributed by atoms with Crippen LogP contribution in [-0.2, 0) is 9.59 Å². The zero-order valence-corrected chi connectivity index (χ0v) is 17.3. The number of carbonyl (C=O) groups excluding carboxylic acids is 2. The van der Waals surface area contributed by atoms with E-state index in [2.05, 4.69) is 34.5 Å². The number of nitrogens with one attached hydrogen (secondary N) is 1. The quantitative estimate of drug-likeness (QED) is 0.810. The van der Waals surface area contributed by atoms with Gasteiger partial charge in [0.15, 0.2) is 0 Å². The molecule has 1 aliphatic rings. The van der Waals surface area contributed by atoms with Crippen LogP contribution >= 0.6 is 0 Å². The van der Waals surface area contributed by atoms with E-state index in [1.165, 1.54) is 5.56 Å². The van der Waals surface area contributed by atoms with E-state index >= 15 is 0 Å². The van der Waals surface area contributed by atoms with Crippen LogP contribution in [0.25, 0.3) is 6.08 Å². The van der Waals surface area contributed by atoms with E-state index in [0.29, 0.717) is 13.1 Å². The van der Waals surface area contributed by atoms with Crippen LogP contribution in [0.1, 0.15) is 40.2 Å². The van der Waals surface area contributed by atoms with E-state index in [1.807, 2.05) is 43.9 Å². The first kappa shape index (κ1) is 21.2. The second-order valence-electron chi connectivity index (χ2n) is 8.73. The molecular weight excluding hydrogens is 338 g/mol. The van der Waals surface area contributed by atoms with Gasteiger partial charge in [0.05, 0.1) is 0 Å². The van der Waals surface area contributed by atoms with Crippen molar-refractivity contribution < 1.29 is 9.59 Å². The van der Waals surface area contributed by atoms with Crippen molar-refractivity contribution in [2.24, 2.45) is 5.41 Å². The van der Waals surface area contributed by atoms with Crippen LogP contribution in [0, 0.1) is 5.41 Å². The van der Waals surface area contributed by atoms with Gasteiger partial charge in [-0.2, -0.15) is 0 Å². The maximum Gasteiger partial charge on any atom is 0.237 e. The first-order valence-corrected chi connectivity index (χ1v) is 9.65. The van der Waals surface area contributed by atoms with Gasteiger partial charge < -0.3 is 10.2 Å². The van der Waals surface area contributed by atoms with Crippen LogP contribution in [0.3, 0.4) is 0 Å². The lowest BCUT2D eigenvalue weighted by molar-refractivity contribution is -0.150. The molecule has 5 nitrogen and oxygen atoms in total. The van der Waals surface area contributed by atoms with Crippen molar-refractivity contribution in [2.75, 3.05) is 32.7 Å². The Labute approximate surface area is 163 Å². The molecule has 2 amide bonds. The van der Waals surface area contributed by atoms with Crippen molar-refractivity contribution in [3.8, 4) is 0 Å². The molecule has 148 valence electrons. The summed E-state index contributed by atoms with van der Waals surface area (Å²) in [5.41, 5.74) is -0.209. The highest BCUT2D eigenvalue weighted by molar-refractivity contribution is 6.04. The van der Waals surface area contributed by atoms with E-state index in [9.17, 15) is 9.59 Å². The number of hydrogen-bond donors (Lipinski definition) is 1. The third-order valence-corrected chi connectivity index (χ3v) is 4.72. The number of benzene rings is 1. The molecule has 1 fully saturated rings. The van der Waals surface area contributed by atoms with Gasteiger partial charge in [0.2, 0.25) is 11.8 Å². The predicted octanol–water partition coefficient (Wildman–Crippen LogP) is 2.78. The highest BCUT2D eigenvalue weighted by atomic mass is 16.2. The van der Waals surface area contributed by atoms with Crippen LogP contribution in [0.5, 0.6) is 0 Å². The average Bonchev–Trinajstić information content (AvgIpc) is 2.61. The summed E-state index contributed by atoms with van der Waals surface area (Å²) >= 11 is 0. The second-order valence-corrected chi connectivity index (χ2v) is 8.73. The molecule has 1 aliphatic heterocycles. The molecule has 1 N–H and O–H groups in total. The maximum absolute atomic E-state index is 12.9. The fourth-order valence-electron chi connectivity index (χ4n) is 3.02. The highest BCUT2D eigenvalue weighted by Gasteiger charge is 2.41. The van der Waals surface area contributed by atoms with Crippen molar-refractivity contribution in [3.05, 3.63) is 42.0 Å². The molecule has 5 heteroatoms. The average molecular weight is 372 g/mol. The molecule has 1 heterocycles. The van der Waals surface area contributed by atoms with Crippen molar-refractivity contribution in [3.63, 3.8) is 0 Å². The minimum atomic E-state index is -1.05. The van der Waals surface area contributed by atoms with Crippen LogP contribution in [0.15, 0.2) is 36.4 Å². The van der Waals surface area contributed by atoms with Gasteiger partial charge in [-0.3, -0.25) is 14.5 Å². The Morgan fingerprint density at radius 3 is 2.15 bits per heavy atom. The third-order valence-electron chi connectivity index (χ3n) is 4.72. The monoisotopic (exact) mass is 371 g/mol. The van der Waals surface area contributed by atoms with Crippen LogP contribution < -0.4 is 5.32 Å². The van der Waals surface area contributed by atoms with Gasteiger partial charge in [-0.25, -0.2) is 0 Å². The normalized spacial score (nSPS) is 16.6. The molecule has 0 spiro atoms. The molecule has 1 aromatic carbocycles. The van der Waals surface area contributed by atoms with Crippen LogP contribution in [0.2, 0.25) is 0 Å². The van der Waals surface area contributed by atoms with Gasteiger partial charge in [-0.1, -0.05) is 42.5 Å². The predicted molar refractivity (Wildman–Crippen MR) is 110 cm³/mol. The van der Waals surface area contributed by atoms with Crippen LogP contribution in [-0.4, -0.2) is 59.9 Å². The molecule has 0 bridgehead atoms. The zero-order chi connectivity index (χ0) is 20.1. The number of nitrogens with zero attached hydrogens (tertiary/aromatic N) is 2. The minimum absolute atomic E-state index is 0.0938. The fraction of sp³-hybridized carbons (Fsp3) is 0.545. The lowest BCUT2D eigenvalue weighted by atomic mass is 9.88. The smallest absolute Gasteiger partial charge is 0.237 e. The molecule has 2 rings (SSSR count). The zero-order valence-electron chi connectivity index (χ0n) is 17.3. The molecule has 0 saturated carbocycles. The van der Waals surface area contributed by atoms with Gasteiger partial charge in [0.25, 0.3) is 0 Å². The number of carbonyl (C=O) groups is 2. The molecule has 0 radical (unpaired) electrons. The van der Waals surface area contributed by atoms with Crippen molar-refractivity contribution in [1.29, 1.82) is 0 Å². The van der Waals surface area contributed by atoms with E-state index in [-0.39, 0.29) is 17.4 Å². The first-order valence-electron chi connectivity index (χ1n) is 9.65. The highest BCUT2D eigenvalue weighted by Crippen LogP contribution is 2.22. The van der Waals surface area contributed by atoms with E-state index in [1.54, 1.807) is 13.8 Å². The summed E-state index contributed by atoms with van der Waals surface area (Å²) in [5.74, 6) is -0.308. The summed E-state index contributed by atoms with van der Waals surface area (Å²) in [6.07, 6.45) is 4.28. The summed E-state index contributed by atoms with van der Waals surface area (Å²) in [4.78, 5) is 29.6. The number of hydrogen-bond acceptors (Lipinski definition) is 3. The Bertz CT molecular complexity index is 667. The molecule has 27 heavy (non-hydrogen) atoms. The van der Waals surface area contributed by atoms with Crippen molar-refractivity contribution in [1.82, 2.24) is 15.1 Å². The van der Waals surface area contributed by atoms with Gasteiger partial charge in [0, 0.05) is 38.3 Å². The SMILES string of the molecule is CC(C)(C)NC(=O)C(C)(C)C(=O)N1CCN(C/C=C/c2ccccc2)CC1. The third kappa shape index (κ3) is 6.21. The summed E-state index contributed by atoms with van der Waals surface area (Å²) in [6.45, 7) is 13.0. The molecule has 0 unspecified atom stereocenters. The van der Waals surface area contributed by atoms with Crippen molar-refractivity contribution >= 4 is 17.9 Å². The Balaban J connectivity index is 1.84. The second kappa shape index (κ2) is 8.70. The van der Waals surface area contributed by atoms with E-state index in [0.717, 1.165) is 19.6 Å². The van der Waals surface area contributed by atoms with E-state index in [4.69, 9.17) is 0 Å². The summed E-state index contributed by atoms with van der Waals surface area (Å²) in [7, 11) is 0. The van der Waals surface area contributed by atoms with Gasteiger partial charge in [-0.05, 0) is 40.2 Å².